The van der Waals surface area contributed by atoms with E-state index in [2.05, 4.69) is 25.0 Å². The lowest BCUT2D eigenvalue weighted by atomic mass is 10.3. The Morgan fingerprint density at radius 1 is 1.07 bits per heavy atom. The summed E-state index contributed by atoms with van der Waals surface area (Å²) in [7, 11) is 1.19. The molecule has 3 rings (SSSR count). The first-order chi connectivity index (χ1) is 13.0. The first-order valence-electron chi connectivity index (χ1n) is 7.17. The minimum atomic E-state index is -4.89. The van der Waals surface area contributed by atoms with Crippen LogP contribution in [0.5, 0.6) is 11.6 Å². The second kappa shape index (κ2) is 6.89. The number of anilines is 2. The van der Waals surface area contributed by atoms with E-state index >= 15 is 0 Å². The predicted molar refractivity (Wildman–Crippen MR) is 84.7 cm³/mol. The molecule has 0 atom stereocenters. The second-order valence-electron chi connectivity index (χ2n) is 5.15. The molecule has 0 bridgehead atoms. The number of H-pyrrole nitrogens is 1. The minimum Gasteiger partial charge on any atom is -0.478 e. The second-order valence-corrected chi connectivity index (χ2v) is 5.56. The van der Waals surface area contributed by atoms with Gasteiger partial charge in [0.15, 0.2) is 11.5 Å². The molecule has 2 heterocycles. The number of aromatic amines is 1. The van der Waals surface area contributed by atoms with Gasteiger partial charge in [0, 0.05) is 6.07 Å². The van der Waals surface area contributed by atoms with E-state index in [1.807, 2.05) is 4.98 Å². The van der Waals surface area contributed by atoms with Gasteiger partial charge in [-0.1, -0.05) is 11.6 Å². The normalized spacial score (nSPS) is 12.3. The number of imidazole rings is 1. The number of alkyl halides is 6. The van der Waals surface area contributed by atoms with Crippen LogP contribution in [-0.4, -0.2) is 33.4 Å². The number of rotatable bonds is 4. The third kappa shape index (κ3) is 4.30. The molecule has 0 aliphatic carbocycles. The molecular formula is C14H8ClF6N5O2. The van der Waals surface area contributed by atoms with Crippen molar-refractivity contribution in [3.63, 3.8) is 0 Å². The zero-order valence-electron chi connectivity index (χ0n) is 13.5. The van der Waals surface area contributed by atoms with E-state index in [1.54, 1.807) is 0 Å². The van der Waals surface area contributed by atoms with Crippen LogP contribution in [0.1, 0.15) is 5.82 Å². The number of hydrogen-bond donors (Lipinski definition) is 2. The summed E-state index contributed by atoms with van der Waals surface area (Å²) >= 11 is 5.92. The van der Waals surface area contributed by atoms with Gasteiger partial charge in [0.05, 0.1) is 17.8 Å². The molecular weight excluding hydrogens is 420 g/mol. The molecule has 0 unspecified atom stereocenters. The average molecular weight is 428 g/mol. The van der Waals surface area contributed by atoms with E-state index in [4.69, 9.17) is 16.3 Å². The van der Waals surface area contributed by atoms with Gasteiger partial charge >= 0.3 is 12.5 Å². The zero-order chi connectivity index (χ0) is 20.7. The van der Waals surface area contributed by atoms with E-state index in [0.717, 1.165) is 18.2 Å². The van der Waals surface area contributed by atoms with Gasteiger partial charge in [-0.3, -0.25) is 0 Å². The number of hydrogen-bond acceptors (Lipinski definition) is 6. The summed E-state index contributed by atoms with van der Waals surface area (Å²) < 4.78 is 83.7. The van der Waals surface area contributed by atoms with Crippen LogP contribution < -0.4 is 14.8 Å². The molecule has 2 N–H and O–H groups in total. The number of ether oxygens (including phenoxy) is 2. The van der Waals surface area contributed by atoms with Crippen molar-refractivity contribution in [1.82, 2.24) is 19.9 Å². The predicted octanol–water partition coefficient (Wildman–Crippen LogP) is 4.68. The maximum Gasteiger partial charge on any atom is 0.573 e. The Hall–Kier alpha value is -2.96. The average Bonchev–Trinajstić information content (AvgIpc) is 2.98. The number of methoxy groups -OCH3 is 1. The van der Waals surface area contributed by atoms with Gasteiger partial charge in [-0.15, -0.1) is 13.2 Å². The van der Waals surface area contributed by atoms with Crippen molar-refractivity contribution in [2.24, 2.45) is 0 Å². The largest absolute Gasteiger partial charge is 0.573 e. The van der Waals surface area contributed by atoms with Crippen LogP contribution in [0, 0.1) is 0 Å². The van der Waals surface area contributed by atoms with Crippen molar-refractivity contribution >= 4 is 34.4 Å². The number of fused-ring (bicyclic) bond motifs is 1. The van der Waals surface area contributed by atoms with Gasteiger partial charge < -0.3 is 19.8 Å². The summed E-state index contributed by atoms with van der Waals surface area (Å²) in [6.45, 7) is 0. The number of halogens is 7. The Morgan fingerprint density at radius 3 is 2.36 bits per heavy atom. The lowest BCUT2D eigenvalue weighted by molar-refractivity contribution is -0.274. The number of benzene rings is 1. The Balaban J connectivity index is 1.95. The fraction of sp³-hybridized carbons (Fsp3) is 0.214. The molecule has 14 heteroatoms. The summed E-state index contributed by atoms with van der Waals surface area (Å²) in [4.78, 5) is 13.0. The molecule has 28 heavy (non-hydrogen) atoms. The van der Waals surface area contributed by atoms with Crippen molar-refractivity contribution in [3.8, 4) is 11.6 Å². The smallest absolute Gasteiger partial charge is 0.478 e. The molecule has 0 saturated carbocycles. The monoisotopic (exact) mass is 427 g/mol. The zero-order valence-corrected chi connectivity index (χ0v) is 14.3. The van der Waals surface area contributed by atoms with Crippen molar-refractivity contribution < 1.29 is 35.8 Å². The number of nitrogens with one attached hydrogen (secondary N) is 2. The molecule has 0 fully saturated rings. The molecule has 0 amide bonds. The minimum absolute atomic E-state index is 0.0821. The van der Waals surface area contributed by atoms with Crippen LogP contribution in [-0.2, 0) is 6.18 Å². The van der Waals surface area contributed by atoms with Crippen LogP contribution in [0.4, 0.5) is 37.8 Å². The highest BCUT2D eigenvalue weighted by Gasteiger charge is 2.35. The summed E-state index contributed by atoms with van der Waals surface area (Å²) in [5.74, 6) is -2.20. The third-order valence-electron chi connectivity index (χ3n) is 3.19. The first kappa shape index (κ1) is 19.8. The molecule has 150 valence electrons. The highest BCUT2D eigenvalue weighted by molar-refractivity contribution is 6.33. The van der Waals surface area contributed by atoms with Crippen LogP contribution in [0.25, 0.3) is 11.3 Å². The number of nitrogens with zero attached hydrogens (tertiary/aromatic N) is 3. The van der Waals surface area contributed by atoms with Gasteiger partial charge in [0.1, 0.15) is 5.75 Å². The van der Waals surface area contributed by atoms with Crippen LogP contribution in [0.2, 0.25) is 5.02 Å². The van der Waals surface area contributed by atoms with Gasteiger partial charge in [-0.2, -0.15) is 18.2 Å². The summed E-state index contributed by atoms with van der Waals surface area (Å²) in [6, 6.07) is 3.04. The Kier molecular flexibility index (Phi) is 4.87. The van der Waals surface area contributed by atoms with Crippen molar-refractivity contribution in [2.45, 2.75) is 12.5 Å². The molecule has 2 aromatic heterocycles. The standard InChI is InChI=1S/C14H8ClF6N5O2/c1-27-11-10(23-8-9(24-11)26-12(25-8)13(16,17)18)22-7-3-2-5(4-6(7)15)28-14(19,20)21/h2-4H,1H3,(H2,22,23,24,25,26). The van der Waals surface area contributed by atoms with Gasteiger partial charge in [-0.05, 0) is 12.1 Å². The molecule has 0 radical (unpaired) electrons. The Bertz CT molecular complexity index is 1020. The lowest BCUT2D eigenvalue weighted by Crippen LogP contribution is -2.17. The summed E-state index contributed by atoms with van der Waals surface area (Å²) in [6.07, 6.45) is -9.63. The highest BCUT2D eigenvalue weighted by atomic mass is 35.5. The van der Waals surface area contributed by atoms with Crippen molar-refractivity contribution in [2.75, 3.05) is 12.4 Å². The first-order valence-corrected chi connectivity index (χ1v) is 7.55. The van der Waals surface area contributed by atoms with E-state index in [-0.39, 0.29) is 33.7 Å². The topological polar surface area (TPSA) is 85.0 Å². The molecule has 0 aliphatic heterocycles. The fourth-order valence-electron chi connectivity index (χ4n) is 2.10. The van der Waals surface area contributed by atoms with E-state index in [1.165, 1.54) is 7.11 Å². The third-order valence-corrected chi connectivity index (χ3v) is 3.50. The Morgan fingerprint density at radius 2 is 1.79 bits per heavy atom. The van der Waals surface area contributed by atoms with Crippen LogP contribution >= 0.6 is 11.6 Å². The van der Waals surface area contributed by atoms with Crippen molar-refractivity contribution in [1.29, 1.82) is 0 Å². The summed E-state index contributed by atoms with van der Waals surface area (Å²) in [5, 5.41) is 2.45. The highest BCUT2D eigenvalue weighted by Crippen LogP contribution is 2.34. The van der Waals surface area contributed by atoms with Gasteiger partial charge in [-0.25, -0.2) is 9.97 Å². The molecule has 0 saturated heterocycles. The molecule has 0 spiro atoms. The van der Waals surface area contributed by atoms with Crippen molar-refractivity contribution in [3.05, 3.63) is 29.0 Å². The number of aromatic nitrogens is 4. The van der Waals surface area contributed by atoms with E-state index in [0.29, 0.717) is 0 Å². The van der Waals surface area contributed by atoms with E-state index < -0.39 is 24.1 Å². The quantitative estimate of drug-likeness (QED) is 0.588. The maximum atomic E-state index is 12.8. The van der Waals surface area contributed by atoms with E-state index in [9.17, 15) is 26.3 Å². The molecule has 1 aromatic carbocycles. The maximum absolute atomic E-state index is 12.8. The van der Waals surface area contributed by atoms with Gasteiger partial charge in [0.25, 0.3) is 5.88 Å². The SMILES string of the molecule is COc1nc2nc(C(F)(F)F)[nH]c2nc1Nc1ccc(OC(F)(F)F)cc1Cl. The van der Waals surface area contributed by atoms with Crippen LogP contribution in [0.3, 0.4) is 0 Å². The van der Waals surface area contributed by atoms with Crippen LogP contribution in [0.15, 0.2) is 18.2 Å². The lowest BCUT2D eigenvalue weighted by Gasteiger charge is -2.13. The Labute approximate surface area is 156 Å². The fourth-order valence-corrected chi connectivity index (χ4v) is 2.32. The molecule has 3 aromatic rings. The molecule has 0 aliphatic rings. The van der Waals surface area contributed by atoms with Gasteiger partial charge in [0.2, 0.25) is 11.5 Å². The summed E-state index contributed by atoms with van der Waals surface area (Å²) in [5.41, 5.74) is -0.544. The molecule has 7 nitrogen and oxygen atoms in total.